The van der Waals surface area contributed by atoms with Gasteiger partial charge in [-0.15, -0.1) is 54.1 Å². The van der Waals surface area contributed by atoms with Crippen molar-refractivity contribution < 1.29 is 24.5 Å². The summed E-state index contributed by atoms with van der Waals surface area (Å²) in [5, 5.41) is 3.55. The Kier molecular flexibility index (Phi) is 11.9. The molecule has 0 saturated heterocycles. The fourth-order valence-corrected chi connectivity index (χ4v) is 10.1. The molecule has 0 amide bonds. The van der Waals surface area contributed by atoms with Crippen LogP contribution in [-0.2, 0) is 26.5 Å². The zero-order chi connectivity index (χ0) is 39.6. The van der Waals surface area contributed by atoms with Crippen LogP contribution in [0.4, 0.5) is 0 Å². The maximum Gasteiger partial charge on any atom is 0.216 e. The molecule has 0 N–H and O–H groups in total. The Balaban J connectivity index is 0.000000176. The first-order valence-electron chi connectivity index (χ1n) is 20.6. The van der Waals surface area contributed by atoms with Crippen molar-refractivity contribution >= 4 is 46.4 Å². The number of fused-ring (bicyclic) bond motifs is 4. The molecule has 1 aliphatic rings. The van der Waals surface area contributed by atoms with Crippen molar-refractivity contribution in [3.05, 3.63) is 163 Å². The number of imidazole rings is 1. The summed E-state index contributed by atoms with van der Waals surface area (Å²) in [6, 6.07) is 52.5. The Morgan fingerprint density at radius 1 is 0.729 bits per heavy atom. The van der Waals surface area contributed by atoms with Crippen molar-refractivity contribution in [2.75, 3.05) is 0 Å². The van der Waals surface area contributed by atoms with Crippen molar-refractivity contribution in [2.24, 2.45) is 5.92 Å². The Morgan fingerprint density at radius 3 is 2.24 bits per heavy atom. The molecule has 1 radical (unpaired) electrons. The molecule has 0 atom stereocenters. The van der Waals surface area contributed by atoms with Crippen LogP contribution in [0.25, 0.3) is 72.6 Å². The van der Waals surface area contributed by atoms with Gasteiger partial charge < -0.3 is 14.0 Å². The number of hydrogen-bond acceptors (Lipinski definition) is 4. The molecular weight excluding hydrogens is 917 g/mol. The predicted molar refractivity (Wildman–Crippen MR) is 242 cm³/mol. The predicted octanol–water partition coefficient (Wildman–Crippen LogP) is 13.0. The molecule has 4 aromatic heterocycles. The van der Waals surface area contributed by atoms with E-state index < -0.39 is 8.07 Å². The first kappa shape index (κ1) is 40.3. The van der Waals surface area contributed by atoms with E-state index in [0.29, 0.717) is 5.71 Å². The van der Waals surface area contributed by atoms with Crippen LogP contribution in [0.5, 0.6) is 0 Å². The van der Waals surface area contributed by atoms with Gasteiger partial charge in [-0.1, -0.05) is 129 Å². The van der Waals surface area contributed by atoms with Crippen LogP contribution in [0.15, 0.2) is 144 Å². The average Bonchev–Trinajstić information content (AvgIpc) is 3.83. The molecule has 1 aliphatic carbocycles. The van der Waals surface area contributed by atoms with Crippen molar-refractivity contribution in [2.45, 2.75) is 65.1 Å². The smallest absolute Gasteiger partial charge is 0.216 e. The molecule has 5 aromatic carbocycles. The van der Waals surface area contributed by atoms with Gasteiger partial charge in [0.25, 0.3) is 0 Å². The summed E-state index contributed by atoms with van der Waals surface area (Å²) in [6.07, 6.45) is 10.5. The topological polar surface area (TPSA) is 56.7 Å². The molecule has 297 valence electrons. The summed E-state index contributed by atoms with van der Waals surface area (Å²) in [7, 11) is -1.36. The first-order valence-corrected chi connectivity index (χ1v) is 24.1. The van der Waals surface area contributed by atoms with E-state index in [0.717, 1.165) is 67.3 Å². The molecule has 0 aliphatic heterocycles. The Labute approximate surface area is 362 Å². The Morgan fingerprint density at radius 2 is 1.47 bits per heavy atom. The molecule has 10 rings (SSSR count). The van der Waals surface area contributed by atoms with Gasteiger partial charge in [0.1, 0.15) is 0 Å². The van der Waals surface area contributed by atoms with Crippen LogP contribution in [0.1, 0.15) is 43.4 Å². The van der Waals surface area contributed by atoms with Crippen molar-refractivity contribution in [1.82, 2.24) is 19.5 Å². The molecule has 4 heterocycles. The largest absolute Gasteiger partial charge is 0.486 e. The molecule has 0 spiro atoms. The molecule has 7 heteroatoms. The Hall–Kier alpha value is -5.46. The van der Waals surface area contributed by atoms with E-state index in [9.17, 15) is 0 Å². The molecular formula is C52H48IrN4OSi-2. The molecule has 1 fully saturated rings. The maximum absolute atomic E-state index is 6.29. The van der Waals surface area contributed by atoms with E-state index in [1.807, 2.05) is 61.5 Å². The van der Waals surface area contributed by atoms with Gasteiger partial charge in [-0.3, -0.25) is 4.98 Å². The van der Waals surface area contributed by atoms with Gasteiger partial charge in [-0.05, 0) is 77.7 Å². The van der Waals surface area contributed by atoms with Gasteiger partial charge in [0.2, 0.25) is 5.71 Å². The van der Waals surface area contributed by atoms with Crippen molar-refractivity contribution in [1.29, 1.82) is 0 Å². The van der Waals surface area contributed by atoms with E-state index in [1.54, 1.807) is 10.8 Å². The van der Waals surface area contributed by atoms with E-state index in [1.165, 1.54) is 49.7 Å². The number of hydrogen-bond donors (Lipinski definition) is 0. The standard InChI is InChI=1S/C31H20N3O.C21H28NSi.Ir/c1-20-14-19-25-24-10-7-11-26(29(24)35-31(25)32-20)30-33-27-12-5-6-13-28(27)34(30)23-17-15-22(16-18-23)21-8-3-2-4-9-21;1-23(2,3)21-16-22-20(18-12-8-5-9-13-18)15-19(21)14-17-10-6-4-7-11-17;/h2-10,12-19H,1H3;5,8-9,12,15-17H,4,6-7,10-11,14H2,1-3H3;/q2*-1;. The second-order valence-electron chi connectivity index (χ2n) is 16.6. The van der Waals surface area contributed by atoms with Crippen molar-refractivity contribution in [3.63, 3.8) is 0 Å². The van der Waals surface area contributed by atoms with Crippen LogP contribution in [-0.4, -0.2) is 27.6 Å². The average molecular weight is 965 g/mol. The summed E-state index contributed by atoms with van der Waals surface area (Å²) < 4.78 is 8.47. The minimum absolute atomic E-state index is 0. The summed E-state index contributed by atoms with van der Waals surface area (Å²) in [5.41, 5.74) is 12.2. The summed E-state index contributed by atoms with van der Waals surface area (Å²) in [4.78, 5) is 14.4. The third-order valence-corrected chi connectivity index (χ3v) is 13.5. The zero-order valence-corrected chi connectivity index (χ0v) is 37.5. The second-order valence-corrected chi connectivity index (χ2v) is 21.7. The SMILES string of the molecule is C[Si](C)(C)c1cnc(-c2[c-]cccc2)cc1CC1CCCCC1.Cc1ccc2c(n1)oc1c(-c3nc4ccccc4n3-c3ccc(-c4ccccc4)cc3)[c-]ccc12.[Ir]. The number of rotatable bonds is 7. The van der Waals surface area contributed by atoms with Gasteiger partial charge in [0, 0.05) is 43.1 Å². The summed E-state index contributed by atoms with van der Waals surface area (Å²) in [6.45, 7) is 9.27. The minimum atomic E-state index is -1.36. The first-order chi connectivity index (χ1) is 28.3. The van der Waals surface area contributed by atoms with E-state index in [-0.39, 0.29) is 20.1 Å². The quantitative estimate of drug-likeness (QED) is 0.118. The fraction of sp³-hybridized carbons (Fsp3) is 0.212. The van der Waals surface area contributed by atoms with Crippen LogP contribution in [0, 0.1) is 25.0 Å². The van der Waals surface area contributed by atoms with Crippen LogP contribution in [0.2, 0.25) is 19.6 Å². The number of nitrogens with zero attached hydrogens (tertiary/aromatic N) is 4. The fourth-order valence-electron chi connectivity index (χ4n) is 8.51. The molecule has 59 heavy (non-hydrogen) atoms. The molecule has 0 unspecified atom stereocenters. The molecule has 0 bridgehead atoms. The summed E-state index contributed by atoms with van der Waals surface area (Å²) in [5.74, 6) is 1.66. The van der Waals surface area contributed by atoms with Gasteiger partial charge in [-0.2, -0.15) is 0 Å². The number of aromatic nitrogens is 4. The van der Waals surface area contributed by atoms with Crippen LogP contribution in [0.3, 0.4) is 0 Å². The number of pyridine rings is 2. The Bertz CT molecular complexity index is 2840. The second kappa shape index (κ2) is 17.4. The molecule has 1 saturated carbocycles. The third-order valence-electron chi connectivity index (χ3n) is 11.5. The van der Waals surface area contributed by atoms with Crippen LogP contribution < -0.4 is 5.19 Å². The number of benzene rings is 5. The van der Waals surface area contributed by atoms with E-state index >= 15 is 0 Å². The van der Waals surface area contributed by atoms with Gasteiger partial charge in [-0.25, -0.2) is 4.98 Å². The third kappa shape index (κ3) is 8.51. The van der Waals surface area contributed by atoms with E-state index in [2.05, 4.69) is 126 Å². The number of para-hydroxylation sites is 2. The van der Waals surface area contributed by atoms with Crippen molar-refractivity contribution in [3.8, 4) is 39.5 Å². The number of aryl methyl sites for hydroxylation is 1. The minimum Gasteiger partial charge on any atom is -0.486 e. The number of furan rings is 1. The zero-order valence-electron chi connectivity index (χ0n) is 34.1. The normalized spacial score (nSPS) is 13.3. The summed E-state index contributed by atoms with van der Waals surface area (Å²) >= 11 is 0. The molecule has 5 nitrogen and oxygen atoms in total. The van der Waals surface area contributed by atoms with Gasteiger partial charge in [0.15, 0.2) is 0 Å². The maximum atomic E-state index is 6.29. The monoisotopic (exact) mass is 965 g/mol. The van der Waals surface area contributed by atoms with Crippen LogP contribution >= 0.6 is 0 Å². The molecule has 9 aromatic rings. The van der Waals surface area contributed by atoms with Gasteiger partial charge >= 0.3 is 0 Å². The van der Waals surface area contributed by atoms with Gasteiger partial charge in [0.05, 0.1) is 30.5 Å². The van der Waals surface area contributed by atoms with E-state index in [4.69, 9.17) is 14.4 Å².